The number of ether oxygens (including phenoxy) is 2. The number of amides is 1. The van der Waals surface area contributed by atoms with E-state index in [0.717, 1.165) is 62.0 Å². The third-order valence-electron chi connectivity index (χ3n) is 6.63. The molecular weight excluding hydrogens is 368 g/mol. The summed E-state index contributed by atoms with van der Waals surface area (Å²) in [7, 11) is 3.30. The first-order chi connectivity index (χ1) is 14.0. The van der Waals surface area contributed by atoms with Gasteiger partial charge in [-0.25, -0.2) is 0 Å². The molecule has 1 aliphatic carbocycles. The predicted octanol–water partition coefficient (Wildman–Crippen LogP) is 3.29. The third kappa shape index (κ3) is 4.86. The molecule has 0 spiro atoms. The molecule has 3 atom stereocenters. The van der Waals surface area contributed by atoms with Crippen LogP contribution >= 0.6 is 0 Å². The van der Waals surface area contributed by atoms with Gasteiger partial charge in [0.15, 0.2) is 0 Å². The summed E-state index contributed by atoms with van der Waals surface area (Å²) in [6.07, 6.45) is 6.74. The minimum atomic E-state index is -0.664. The van der Waals surface area contributed by atoms with Crippen molar-refractivity contribution in [3.8, 4) is 11.5 Å². The number of fused-ring (bicyclic) bond motifs is 1. The standard InChI is InChI=1S/C23H36N2O4/c1-4-5-13-24-21(26)16-25-14-12-23(27)11-7-6-8-19(23)22(25)18-10-9-17(28-2)15-20(18)29-3/h9-10,15,19,22,27H,4-8,11-14,16H2,1-3H3,(H,24,26)/t19-,22-,23-/m1/s1. The van der Waals surface area contributed by atoms with Crippen LogP contribution in [0.4, 0.5) is 0 Å². The van der Waals surface area contributed by atoms with Gasteiger partial charge in [0.2, 0.25) is 5.91 Å². The van der Waals surface area contributed by atoms with E-state index in [4.69, 9.17) is 9.47 Å². The van der Waals surface area contributed by atoms with Crippen molar-refractivity contribution in [2.45, 2.75) is 63.5 Å². The Kier molecular flexibility index (Phi) is 7.41. The summed E-state index contributed by atoms with van der Waals surface area (Å²) in [4.78, 5) is 14.8. The minimum absolute atomic E-state index is 0.0492. The summed E-state index contributed by atoms with van der Waals surface area (Å²) in [6, 6.07) is 5.82. The van der Waals surface area contributed by atoms with E-state index in [1.165, 1.54) is 0 Å². The Morgan fingerprint density at radius 1 is 1.28 bits per heavy atom. The summed E-state index contributed by atoms with van der Waals surface area (Å²) in [5.41, 5.74) is 0.364. The Hall–Kier alpha value is -1.79. The van der Waals surface area contributed by atoms with Crippen molar-refractivity contribution < 1.29 is 19.4 Å². The second-order valence-electron chi connectivity index (χ2n) is 8.43. The van der Waals surface area contributed by atoms with Crippen LogP contribution in [-0.2, 0) is 4.79 Å². The van der Waals surface area contributed by atoms with Crippen LogP contribution in [0.15, 0.2) is 18.2 Å². The highest BCUT2D eigenvalue weighted by Gasteiger charge is 2.49. The molecule has 0 aromatic heterocycles. The zero-order chi connectivity index (χ0) is 20.9. The van der Waals surface area contributed by atoms with E-state index in [1.54, 1.807) is 14.2 Å². The largest absolute Gasteiger partial charge is 0.497 e. The Morgan fingerprint density at radius 2 is 2.10 bits per heavy atom. The van der Waals surface area contributed by atoms with Crippen molar-refractivity contribution in [1.82, 2.24) is 10.2 Å². The highest BCUT2D eigenvalue weighted by atomic mass is 16.5. The second-order valence-corrected chi connectivity index (χ2v) is 8.43. The van der Waals surface area contributed by atoms with Gasteiger partial charge in [-0.1, -0.05) is 32.3 Å². The lowest BCUT2D eigenvalue weighted by Gasteiger charge is -2.52. The SMILES string of the molecule is CCCCNC(=O)CN1CC[C@]2(O)CCCC[C@@H]2[C@H]1c1ccc(OC)cc1OC. The maximum absolute atomic E-state index is 12.6. The van der Waals surface area contributed by atoms with Gasteiger partial charge >= 0.3 is 0 Å². The number of benzene rings is 1. The van der Waals surface area contributed by atoms with Crippen LogP contribution in [0, 0.1) is 5.92 Å². The normalized spacial score (nSPS) is 27.2. The molecule has 0 radical (unpaired) electrons. The molecule has 162 valence electrons. The molecule has 3 rings (SSSR count). The van der Waals surface area contributed by atoms with Crippen molar-refractivity contribution in [1.29, 1.82) is 0 Å². The summed E-state index contributed by atoms with van der Waals surface area (Å²) < 4.78 is 11.1. The first-order valence-corrected chi connectivity index (χ1v) is 11.0. The summed E-state index contributed by atoms with van der Waals surface area (Å²) in [5.74, 6) is 1.64. The molecule has 6 heteroatoms. The maximum Gasteiger partial charge on any atom is 0.234 e. The van der Waals surface area contributed by atoms with Crippen molar-refractivity contribution in [2.75, 3.05) is 33.9 Å². The van der Waals surface area contributed by atoms with E-state index >= 15 is 0 Å². The van der Waals surface area contributed by atoms with Crippen molar-refractivity contribution in [3.63, 3.8) is 0 Å². The molecule has 29 heavy (non-hydrogen) atoms. The molecule has 6 nitrogen and oxygen atoms in total. The summed E-state index contributed by atoms with van der Waals surface area (Å²) >= 11 is 0. The van der Waals surface area contributed by atoms with Gasteiger partial charge in [-0.2, -0.15) is 0 Å². The summed E-state index contributed by atoms with van der Waals surface area (Å²) in [6.45, 7) is 3.88. The molecule has 1 saturated carbocycles. The Bertz CT molecular complexity index is 695. The monoisotopic (exact) mass is 404 g/mol. The number of likely N-dealkylation sites (tertiary alicyclic amines) is 1. The topological polar surface area (TPSA) is 71.0 Å². The van der Waals surface area contributed by atoms with Crippen LogP contribution in [0.2, 0.25) is 0 Å². The quantitative estimate of drug-likeness (QED) is 0.651. The number of nitrogens with one attached hydrogen (secondary N) is 1. The minimum Gasteiger partial charge on any atom is -0.497 e. The molecular formula is C23H36N2O4. The first kappa shape index (κ1) is 21.9. The van der Waals surface area contributed by atoms with Crippen LogP contribution < -0.4 is 14.8 Å². The maximum atomic E-state index is 12.6. The van der Waals surface area contributed by atoms with Gasteiger partial charge in [0.05, 0.1) is 26.4 Å². The lowest BCUT2D eigenvalue weighted by atomic mass is 9.66. The number of unbranched alkanes of at least 4 members (excludes halogenated alkanes) is 1. The molecule has 0 unspecified atom stereocenters. The van der Waals surface area contributed by atoms with E-state index in [0.29, 0.717) is 19.6 Å². The zero-order valence-electron chi connectivity index (χ0n) is 18.1. The Labute approximate surface area is 174 Å². The number of rotatable bonds is 8. The number of nitrogens with zero attached hydrogens (tertiary/aromatic N) is 1. The van der Waals surface area contributed by atoms with Crippen LogP contribution in [-0.4, -0.2) is 55.4 Å². The molecule has 2 aliphatic rings. The molecule has 2 fully saturated rings. The average Bonchev–Trinajstić information content (AvgIpc) is 2.73. The van der Waals surface area contributed by atoms with Gasteiger partial charge in [0.1, 0.15) is 11.5 Å². The van der Waals surface area contributed by atoms with E-state index in [2.05, 4.69) is 17.1 Å². The number of piperidine rings is 1. The number of carbonyl (C=O) groups excluding carboxylic acids is 1. The lowest BCUT2D eigenvalue weighted by Crippen LogP contribution is -2.56. The molecule has 1 aromatic carbocycles. The average molecular weight is 405 g/mol. The zero-order valence-corrected chi connectivity index (χ0v) is 18.1. The van der Waals surface area contributed by atoms with Crippen molar-refractivity contribution in [3.05, 3.63) is 23.8 Å². The molecule has 1 saturated heterocycles. The summed E-state index contributed by atoms with van der Waals surface area (Å²) in [5, 5.41) is 14.5. The number of hydrogen-bond acceptors (Lipinski definition) is 5. The molecule has 1 amide bonds. The molecule has 0 bridgehead atoms. The van der Waals surface area contributed by atoms with Gasteiger partial charge in [0, 0.05) is 36.7 Å². The number of hydrogen-bond donors (Lipinski definition) is 2. The molecule has 1 aliphatic heterocycles. The molecule has 1 heterocycles. The van der Waals surface area contributed by atoms with Crippen LogP contribution in [0.1, 0.15) is 63.5 Å². The number of methoxy groups -OCH3 is 2. The van der Waals surface area contributed by atoms with Crippen LogP contribution in [0.3, 0.4) is 0 Å². The van der Waals surface area contributed by atoms with E-state index in [1.807, 2.05) is 18.2 Å². The number of aliphatic hydroxyl groups is 1. The van der Waals surface area contributed by atoms with Gasteiger partial charge in [0.25, 0.3) is 0 Å². The molecule has 2 N–H and O–H groups in total. The van der Waals surface area contributed by atoms with Gasteiger partial charge in [-0.15, -0.1) is 0 Å². The molecule has 1 aromatic rings. The van der Waals surface area contributed by atoms with E-state index in [-0.39, 0.29) is 17.9 Å². The van der Waals surface area contributed by atoms with E-state index in [9.17, 15) is 9.90 Å². The Balaban J connectivity index is 1.90. The van der Waals surface area contributed by atoms with Crippen LogP contribution in [0.5, 0.6) is 11.5 Å². The van der Waals surface area contributed by atoms with Crippen molar-refractivity contribution >= 4 is 5.91 Å². The van der Waals surface area contributed by atoms with Gasteiger partial charge < -0.3 is 19.9 Å². The highest BCUT2D eigenvalue weighted by molar-refractivity contribution is 5.78. The first-order valence-electron chi connectivity index (χ1n) is 11.0. The third-order valence-corrected chi connectivity index (χ3v) is 6.63. The smallest absolute Gasteiger partial charge is 0.234 e. The fraction of sp³-hybridized carbons (Fsp3) is 0.696. The fourth-order valence-electron chi connectivity index (χ4n) is 5.04. The number of carbonyl (C=O) groups is 1. The fourth-order valence-corrected chi connectivity index (χ4v) is 5.04. The van der Waals surface area contributed by atoms with Crippen molar-refractivity contribution in [2.24, 2.45) is 5.92 Å². The van der Waals surface area contributed by atoms with Gasteiger partial charge in [-0.05, 0) is 31.7 Å². The lowest BCUT2D eigenvalue weighted by molar-refractivity contribution is -0.138. The highest BCUT2D eigenvalue weighted by Crippen LogP contribution is 2.51. The van der Waals surface area contributed by atoms with E-state index < -0.39 is 5.60 Å². The second kappa shape index (κ2) is 9.81. The van der Waals surface area contributed by atoms with Gasteiger partial charge in [-0.3, -0.25) is 9.69 Å². The predicted molar refractivity (Wildman–Crippen MR) is 113 cm³/mol. The van der Waals surface area contributed by atoms with Crippen LogP contribution in [0.25, 0.3) is 0 Å². The Morgan fingerprint density at radius 3 is 2.83 bits per heavy atom.